The molecular weight excluding hydrogens is 244 g/mol. The normalized spacial score (nSPS) is 12.2. The highest BCUT2D eigenvalue weighted by molar-refractivity contribution is 7.89. The van der Waals surface area contributed by atoms with Gasteiger partial charge in [-0.15, -0.1) is 0 Å². The Morgan fingerprint density at radius 3 is 2.71 bits per heavy atom. The Bertz CT molecular complexity index is 439. The van der Waals surface area contributed by atoms with E-state index >= 15 is 0 Å². The Labute approximate surface area is 101 Å². The second kappa shape index (κ2) is 6.15. The van der Waals surface area contributed by atoms with Gasteiger partial charge < -0.3 is 14.9 Å². The molecule has 7 heteroatoms. The van der Waals surface area contributed by atoms with E-state index in [4.69, 9.17) is 14.9 Å². The SMILES string of the molecule is CC(C)OCCNS(=O)(=O)c1ccc(CN)o1. The average molecular weight is 262 g/mol. The predicted molar refractivity (Wildman–Crippen MR) is 62.9 cm³/mol. The molecule has 1 aromatic heterocycles. The van der Waals surface area contributed by atoms with Gasteiger partial charge in [0.25, 0.3) is 10.0 Å². The fourth-order valence-corrected chi connectivity index (χ4v) is 2.11. The summed E-state index contributed by atoms with van der Waals surface area (Å²) in [5.41, 5.74) is 5.33. The molecule has 0 aliphatic carbocycles. The van der Waals surface area contributed by atoms with Gasteiger partial charge >= 0.3 is 0 Å². The second-order valence-electron chi connectivity index (χ2n) is 3.74. The summed E-state index contributed by atoms with van der Waals surface area (Å²) in [5, 5.41) is -0.123. The highest BCUT2D eigenvalue weighted by Gasteiger charge is 2.17. The standard InChI is InChI=1S/C10H18N2O4S/c1-8(2)15-6-5-12-17(13,14)10-4-3-9(7-11)16-10/h3-4,8,12H,5-7,11H2,1-2H3. The van der Waals surface area contributed by atoms with Gasteiger partial charge in [0, 0.05) is 6.54 Å². The van der Waals surface area contributed by atoms with Gasteiger partial charge in [0.2, 0.25) is 5.09 Å². The van der Waals surface area contributed by atoms with Crippen LogP contribution in [-0.2, 0) is 21.3 Å². The van der Waals surface area contributed by atoms with E-state index in [1.54, 1.807) is 6.07 Å². The quantitative estimate of drug-likeness (QED) is 0.695. The number of ether oxygens (including phenoxy) is 1. The van der Waals surface area contributed by atoms with Crippen LogP contribution >= 0.6 is 0 Å². The number of rotatable bonds is 7. The molecule has 0 radical (unpaired) electrons. The summed E-state index contributed by atoms with van der Waals surface area (Å²) < 4.78 is 36.1. The fourth-order valence-electron chi connectivity index (χ4n) is 1.15. The molecule has 3 N–H and O–H groups in total. The van der Waals surface area contributed by atoms with Crippen molar-refractivity contribution in [3.8, 4) is 0 Å². The summed E-state index contributed by atoms with van der Waals surface area (Å²) in [4.78, 5) is 0. The largest absolute Gasteiger partial charge is 0.447 e. The maximum atomic E-state index is 11.7. The molecule has 0 spiro atoms. The van der Waals surface area contributed by atoms with Gasteiger partial charge in [0.15, 0.2) is 0 Å². The van der Waals surface area contributed by atoms with Crippen molar-refractivity contribution in [3.63, 3.8) is 0 Å². The van der Waals surface area contributed by atoms with Gasteiger partial charge in [-0.3, -0.25) is 0 Å². The fraction of sp³-hybridized carbons (Fsp3) is 0.600. The van der Waals surface area contributed by atoms with Gasteiger partial charge in [-0.2, -0.15) is 0 Å². The van der Waals surface area contributed by atoms with Crippen LogP contribution in [0.3, 0.4) is 0 Å². The Balaban J connectivity index is 2.51. The molecule has 1 aromatic rings. The zero-order valence-electron chi connectivity index (χ0n) is 9.97. The molecule has 0 aliphatic rings. The van der Waals surface area contributed by atoms with E-state index in [9.17, 15) is 8.42 Å². The predicted octanol–water partition coefficient (Wildman–Crippen LogP) is 0.442. The summed E-state index contributed by atoms with van der Waals surface area (Å²) in [5.74, 6) is 0.434. The molecule has 98 valence electrons. The van der Waals surface area contributed by atoms with Crippen LogP contribution in [0, 0.1) is 0 Å². The van der Waals surface area contributed by atoms with Crippen LogP contribution in [0.1, 0.15) is 19.6 Å². The molecule has 0 saturated heterocycles. The average Bonchev–Trinajstić information content (AvgIpc) is 2.73. The lowest BCUT2D eigenvalue weighted by Gasteiger charge is -2.07. The lowest BCUT2D eigenvalue weighted by Crippen LogP contribution is -2.28. The number of nitrogens with two attached hydrogens (primary N) is 1. The number of sulfonamides is 1. The van der Waals surface area contributed by atoms with Crippen molar-refractivity contribution in [3.05, 3.63) is 17.9 Å². The van der Waals surface area contributed by atoms with Crippen LogP contribution in [0.5, 0.6) is 0 Å². The minimum Gasteiger partial charge on any atom is -0.447 e. The number of hydrogen-bond donors (Lipinski definition) is 2. The van der Waals surface area contributed by atoms with Crippen molar-refractivity contribution in [2.24, 2.45) is 5.73 Å². The molecule has 17 heavy (non-hydrogen) atoms. The van der Waals surface area contributed by atoms with Crippen molar-refractivity contribution in [1.82, 2.24) is 4.72 Å². The van der Waals surface area contributed by atoms with E-state index in [1.807, 2.05) is 13.8 Å². The molecule has 0 amide bonds. The Morgan fingerprint density at radius 2 is 2.18 bits per heavy atom. The maximum absolute atomic E-state index is 11.7. The monoisotopic (exact) mass is 262 g/mol. The van der Waals surface area contributed by atoms with Gasteiger partial charge in [0.1, 0.15) is 5.76 Å². The van der Waals surface area contributed by atoms with Crippen LogP contribution in [0.25, 0.3) is 0 Å². The Kier molecular flexibility index (Phi) is 5.13. The number of nitrogens with one attached hydrogen (secondary N) is 1. The van der Waals surface area contributed by atoms with Gasteiger partial charge in [-0.1, -0.05) is 0 Å². The topological polar surface area (TPSA) is 94.6 Å². The molecule has 1 heterocycles. The number of furan rings is 1. The van der Waals surface area contributed by atoms with Crippen LogP contribution in [0.2, 0.25) is 0 Å². The van der Waals surface area contributed by atoms with Crippen molar-refractivity contribution in [1.29, 1.82) is 0 Å². The minimum atomic E-state index is -3.60. The summed E-state index contributed by atoms with van der Waals surface area (Å²) in [6, 6.07) is 2.92. The highest BCUT2D eigenvalue weighted by atomic mass is 32.2. The first-order chi connectivity index (χ1) is 7.95. The second-order valence-corrected chi connectivity index (χ2v) is 5.44. The van der Waals surface area contributed by atoms with Crippen molar-refractivity contribution >= 4 is 10.0 Å². The third-order valence-electron chi connectivity index (χ3n) is 1.95. The van der Waals surface area contributed by atoms with Gasteiger partial charge in [-0.25, -0.2) is 13.1 Å². The summed E-state index contributed by atoms with van der Waals surface area (Å²) in [6.07, 6.45) is 0.0759. The summed E-state index contributed by atoms with van der Waals surface area (Å²) >= 11 is 0. The Morgan fingerprint density at radius 1 is 1.47 bits per heavy atom. The first-order valence-corrected chi connectivity index (χ1v) is 6.84. The third kappa shape index (κ3) is 4.47. The Hall–Kier alpha value is -0.890. The van der Waals surface area contributed by atoms with E-state index in [0.717, 1.165) is 0 Å². The molecule has 0 atom stereocenters. The molecule has 0 fully saturated rings. The van der Waals surface area contributed by atoms with Crippen molar-refractivity contribution < 1.29 is 17.6 Å². The lowest BCUT2D eigenvalue weighted by atomic mass is 10.5. The van der Waals surface area contributed by atoms with Crippen LogP contribution < -0.4 is 10.5 Å². The summed E-state index contributed by atoms with van der Waals surface area (Å²) in [7, 11) is -3.60. The van der Waals surface area contributed by atoms with Crippen LogP contribution in [0.4, 0.5) is 0 Å². The lowest BCUT2D eigenvalue weighted by molar-refractivity contribution is 0.0833. The van der Waals surface area contributed by atoms with E-state index in [2.05, 4.69) is 4.72 Å². The smallest absolute Gasteiger partial charge is 0.274 e. The molecule has 0 unspecified atom stereocenters. The van der Waals surface area contributed by atoms with E-state index in [1.165, 1.54) is 6.07 Å². The van der Waals surface area contributed by atoms with Gasteiger partial charge in [0.05, 0.1) is 19.3 Å². The van der Waals surface area contributed by atoms with Crippen molar-refractivity contribution in [2.45, 2.75) is 31.6 Å². The minimum absolute atomic E-state index is 0.0759. The highest BCUT2D eigenvalue weighted by Crippen LogP contribution is 2.12. The van der Waals surface area contributed by atoms with E-state index in [0.29, 0.717) is 12.4 Å². The van der Waals surface area contributed by atoms with Crippen LogP contribution in [0.15, 0.2) is 21.6 Å². The first-order valence-electron chi connectivity index (χ1n) is 5.35. The molecule has 0 aliphatic heterocycles. The molecular formula is C10H18N2O4S. The molecule has 1 rings (SSSR count). The first kappa shape index (κ1) is 14.2. The zero-order chi connectivity index (χ0) is 12.9. The molecule has 6 nitrogen and oxygen atoms in total. The van der Waals surface area contributed by atoms with E-state index in [-0.39, 0.29) is 24.3 Å². The van der Waals surface area contributed by atoms with Crippen molar-refractivity contribution in [2.75, 3.05) is 13.2 Å². The van der Waals surface area contributed by atoms with Crippen LogP contribution in [-0.4, -0.2) is 27.7 Å². The van der Waals surface area contributed by atoms with E-state index < -0.39 is 10.0 Å². The zero-order valence-corrected chi connectivity index (χ0v) is 10.8. The maximum Gasteiger partial charge on any atom is 0.274 e. The molecule has 0 aromatic carbocycles. The number of hydrogen-bond acceptors (Lipinski definition) is 5. The summed E-state index contributed by atoms with van der Waals surface area (Å²) in [6.45, 7) is 4.47. The molecule has 0 saturated carbocycles. The van der Waals surface area contributed by atoms with Gasteiger partial charge in [-0.05, 0) is 26.0 Å². The molecule has 0 bridgehead atoms. The third-order valence-corrected chi connectivity index (χ3v) is 3.28.